The van der Waals surface area contributed by atoms with E-state index in [4.69, 9.17) is 0 Å². The van der Waals surface area contributed by atoms with Crippen LogP contribution < -0.4 is 5.32 Å². The fraction of sp³-hybridized carbons (Fsp3) is 0.720. The number of allylic oxidation sites excluding steroid dienone is 1. The lowest BCUT2D eigenvalue weighted by Gasteiger charge is -2.55. The van der Waals surface area contributed by atoms with Crippen molar-refractivity contribution in [2.45, 2.75) is 77.5 Å². The summed E-state index contributed by atoms with van der Waals surface area (Å²) < 4.78 is 0. The normalized spacial score (nSPS) is 42.6. The molecule has 7 atom stereocenters. The van der Waals surface area contributed by atoms with E-state index >= 15 is 0 Å². The van der Waals surface area contributed by atoms with Gasteiger partial charge in [0.15, 0.2) is 0 Å². The summed E-state index contributed by atoms with van der Waals surface area (Å²) in [7, 11) is 0. The Bertz CT molecular complexity index is 723. The molecule has 0 radical (unpaired) electrons. The number of aliphatic hydroxyl groups excluding tert-OH is 2. The maximum absolute atomic E-state index is 11.0. The molecule has 160 valence electrons. The van der Waals surface area contributed by atoms with Gasteiger partial charge in [0.25, 0.3) is 0 Å². The Labute approximate surface area is 175 Å². The van der Waals surface area contributed by atoms with Gasteiger partial charge in [0.2, 0.25) is 0 Å². The van der Waals surface area contributed by atoms with E-state index in [0.29, 0.717) is 24.2 Å². The van der Waals surface area contributed by atoms with Gasteiger partial charge in [0, 0.05) is 18.9 Å². The van der Waals surface area contributed by atoms with Crippen LogP contribution in [0.2, 0.25) is 0 Å². The third kappa shape index (κ3) is 3.80. The number of aromatic nitrogens is 1. The predicted molar refractivity (Wildman–Crippen MR) is 116 cm³/mol. The lowest BCUT2D eigenvalue weighted by molar-refractivity contribution is -0.118. The maximum atomic E-state index is 11.0. The van der Waals surface area contributed by atoms with E-state index in [1.165, 1.54) is 24.0 Å². The van der Waals surface area contributed by atoms with Gasteiger partial charge in [-0.3, -0.25) is 4.98 Å². The average molecular weight is 399 g/mol. The van der Waals surface area contributed by atoms with Gasteiger partial charge >= 0.3 is 0 Å². The van der Waals surface area contributed by atoms with Crippen LogP contribution in [0, 0.1) is 28.6 Å². The molecule has 0 amide bonds. The molecule has 1 aromatic heterocycles. The molecule has 0 saturated heterocycles. The van der Waals surface area contributed by atoms with Gasteiger partial charge in [0.05, 0.1) is 12.2 Å². The summed E-state index contributed by atoms with van der Waals surface area (Å²) in [5, 5.41) is 24.8. The summed E-state index contributed by atoms with van der Waals surface area (Å²) in [6.45, 7) is 11.0. The minimum atomic E-state index is -0.411. The number of pyridine rings is 1. The van der Waals surface area contributed by atoms with E-state index < -0.39 is 6.10 Å². The Hall–Kier alpha value is -1.23. The lowest BCUT2D eigenvalue weighted by atomic mass is 9.51. The Morgan fingerprint density at radius 2 is 2.00 bits per heavy atom. The molecule has 1 aromatic rings. The molecule has 3 fully saturated rings. The highest BCUT2D eigenvalue weighted by Gasteiger charge is 2.56. The third-order valence-corrected chi connectivity index (χ3v) is 8.94. The number of nitrogens with zero attached hydrogens (tertiary/aromatic N) is 1. The van der Waals surface area contributed by atoms with Gasteiger partial charge in [-0.2, -0.15) is 0 Å². The molecule has 29 heavy (non-hydrogen) atoms. The van der Waals surface area contributed by atoms with Gasteiger partial charge in [-0.15, -0.1) is 0 Å². The second-order valence-electron chi connectivity index (χ2n) is 10.4. The van der Waals surface area contributed by atoms with Crippen LogP contribution in [0.25, 0.3) is 0 Å². The molecule has 3 saturated carbocycles. The Balaban J connectivity index is 1.55. The zero-order chi connectivity index (χ0) is 20.6. The fourth-order valence-electron chi connectivity index (χ4n) is 6.91. The van der Waals surface area contributed by atoms with Crippen molar-refractivity contribution >= 4 is 0 Å². The summed E-state index contributed by atoms with van der Waals surface area (Å²) >= 11 is 0. The minimum absolute atomic E-state index is 0.106. The highest BCUT2D eigenvalue weighted by Crippen LogP contribution is 2.62. The van der Waals surface area contributed by atoms with Crippen LogP contribution in [-0.2, 0) is 6.54 Å². The molecule has 4 nitrogen and oxygen atoms in total. The number of aliphatic hydroxyl groups is 2. The molecule has 2 unspecified atom stereocenters. The molecule has 4 heteroatoms. The van der Waals surface area contributed by atoms with Crippen LogP contribution in [0.3, 0.4) is 0 Å². The molecule has 3 aliphatic rings. The number of rotatable bonds is 5. The van der Waals surface area contributed by atoms with E-state index in [0.717, 1.165) is 38.8 Å². The number of hydrogen-bond acceptors (Lipinski definition) is 4. The highest BCUT2D eigenvalue weighted by atomic mass is 16.3. The largest absolute Gasteiger partial charge is 0.393 e. The van der Waals surface area contributed by atoms with Crippen molar-refractivity contribution in [1.29, 1.82) is 0 Å². The first-order chi connectivity index (χ1) is 13.8. The van der Waals surface area contributed by atoms with Crippen molar-refractivity contribution in [3.63, 3.8) is 0 Å². The summed E-state index contributed by atoms with van der Waals surface area (Å²) in [5.74, 6) is 1.64. The van der Waals surface area contributed by atoms with Gasteiger partial charge < -0.3 is 15.5 Å². The molecule has 4 rings (SSSR count). The van der Waals surface area contributed by atoms with Gasteiger partial charge in [-0.05, 0) is 91.7 Å². The summed E-state index contributed by atoms with van der Waals surface area (Å²) in [6, 6.07) is 4.11. The molecule has 0 spiro atoms. The first kappa shape index (κ1) is 21.0. The summed E-state index contributed by atoms with van der Waals surface area (Å²) in [6.07, 6.45) is 9.95. The minimum Gasteiger partial charge on any atom is -0.393 e. The van der Waals surface area contributed by atoms with E-state index in [-0.39, 0.29) is 16.9 Å². The number of hydrogen-bond donors (Lipinski definition) is 3. The first-order valence-corrected chi connectivity index (χ1v) is 11.5. The van der Waals surface area contributed by atoms with Crippen molar-refractivity contribution in [2.24, 2.45) is 28.6 Å². The standard InChI is InChI=1S/C25H38N2O2/c1-17-6-7-21-20(16-27-15-18-5-4-12-26-14-18)22(9-11-24(17,21)2)25(3)10-8-19(28)13-23(25)29/h4-5,12,14,19-23,27-29H,1,6-11,13,15-16H2,2-3H3/t19-,20+,21?,22?,23-,24-,25+/m0/s1. The van der Waals surface area contributed by atoms with Crippen LogP contribution in [0.15, 0.2) is 36.7 Å². The SMILES string of the molecule is C=C1CCC2[C@@H](CNCc3cccnc3)C([C@@]3(C)CC[C@H](O)C[C@@H]3O)CC[C@@]12C. The quantitative estimate of drug-likeness (QED) is 0.654. The number of nitrogens with one attached hydrogen (secondary N) is 1. The molecule has 3 aliphatic carbocycles. The van der Waals surface area contributed by atoms with E-state index in [1.54, 1.807) is 0 Å². The van der Waals surface area contributed by atoms with Gasteiger partial charge in [0.1, 0.15) is 0 Å². The second-order valence-corrected chi connectivity index (χ2v) is 10.4. The highest BCUT2D eigenvalue weighted by molar-refractivity contribution is 5.21. The zero-order valence-electron chi connectivity index (χ0n) is 18.1. The molecular weight excluding hydrogens is 360 g/mol. The van der Waals surface area contributed by atoms with Crippen LogP contribution in [-0.4, -0.2) is 33.9 Å². The van der Waals surface area contributed by atoms with Crippen LogP contribution >= 0.6 is 0 Å². The summed E-state index contributed by atoms with van der Waals surface area (Å²) in [5.41, 5.74) is 2.78. The van der Waals surface area contributed by atoms with Crippen molar-refractivity contribution in [3.05, 3.63) is 42.2 Å². The Morgan fingerprint density at radius 3 is 2.72 bits per heavy atom. The Morgan fingerprint density at radius 1 is 1.17 bits per heavy atom. The topological polar surface area (TPSA) is 65.4 Å². The summed E-state index contributed by atoms with van der Waals surface area (Å²) in [4.78, 5) is 4.23. The molecule has 3 N–H and O–H groups in total. The fourth-order valence-corrected chi connectivity index (χ4v) is 6.91. The van der Waals surface area contributed by atoms with E-state index in [1.807, 2.05) is 18.5 Å². The zero-order valence-corrected chi connectivity index (χ0v) is 18.1. The predicted octanol–water partition coefficient (Wildman–Crippen LogP) is 4.08. The average Bonchev–Trinajstić information content (AvgIpc) is 3.01. The second kappa shape index (κ2) is 8.13. The molecule has 0 aromatic carbocycles. The maximum Gasteiger partial charge on any atom is 0.0621 e. The molecule has 1 heterocycles. The van der Waals surface area contributed by atoms with Crippen molar-refractivity contribution in [1.82, 2.24) is 10.3 Å². The Kier molecular flexibility index (Phi) is 5.89. The van der Waals surface area contributed by atoms with E-state index in [9.17, 15) is 10.2 Å². The van der Waals surface area contributed by atoms with E-state index in [2.05, 4.69) is 36.8 Å². The van der Waals surface area contributed by atoms with Gasteiger partial charge in [-0.25, -0.2) is 0 Å². The first-order valence-electron chi connectivity index (χ1n) is 11.5. The smallest absolute Gasteiger partial charge is 0.0621 e. The van der Waals surface area contributed by atoms with Gasteiger partial charge in [-0.1, -0.05) is 32.1 Å². The van der Waals surface area contributed by atoms with Crippen molar-refractivity contribution in [2.75, 3.05) is 6.54 Å². The monoisotopic (exact) mass is 398 g/mol. The van der Waals surface area contributed by atoms with Crippen molar-refractivity contribution in [3.8, 4) is 0 Å². The number of fused-ring (bicyclic) bond motifs is 1. The third-order valence-electron chi connectivity index (χ3n) is 8.94. The van der Waals surface area contributed by atoms with Crippen LogP contribution in [0.4, 0.5) is 0 Å². The lowest BCUT2D eigenvalue weighted by Crippen LogP contribution is -2.54. The molecule has 0 bridgehead atoms. The van der Waals surface area contributed by atoms with Crippen molar-refractivity contribution < 1.29 is 10.2 Å². The van der Waals surface area contributed by atoms with Crippen LogP contribution in [0.1, 0.15) is 64.4 Å². The molecule has 0 aliphatic heterocycles. The van der Waals surface area contributed by atoms with Crippen LogP contribution in [0.5, 0.6) is 0 Å². The molecular formula is C25H38N2O2.